The maximum atomic E-state index is 14.3. The average molecular weight is 853 g/mol. The van der Waals surface area contributed by atoms with Gasteiger partial charge in [0.05, 0.1) is 40.6 Å². The van der Waals surface area contributed by atoms with Crippen molar-refractivity contribution in [2.45, 2.75) is 94.7 Å². The molecule has 7 heterocycles. The number of hydrogen-bond acceptors (Lipinski definition) is 10. The third-order valence-electron chi connectivity index (χ3n) is 13.0. The van der Waals surface area contributed by atoms with E-state index >= 15 is 0 Å². The zero-order valence-corrected chi connectivity index (χ0v) is 34.6. The van der Waals surface area contributed by atoms with E-state index in [1.807, 2.05) is 18.2 Å². The number of nitrogens with zero attached hydrogens (tertiary/aromatic N) is 8. The molecule has 16 nitrogen and oxygen atoms in total. The normalized spacial score (nSPS) is 22.0. The molecule has 2 N–H and O–H groups in total. The van der Waals surface area contributed by atoms with Crippen LogP contribution in [-0.4, -0.2) is 102 Å². The number of hydrogen-bond donors (Lipinski definition) is 2. The molecule has 1 aromatic carbocycles. The molecule has 4 aliphatic rings. The number of halogens is 2. The minimum absolute atomic E-state index is 0.00540. The first kappa shape index (κ1) is 41.6. The van der Waals surface area contributed by atoms with Crippen LogP contribution in [0.25, 0.3) is 16.7 Å². The number of likely N-dealkylation sites (tertiary alicyclic amines) is 1. The van der Waals surface area contributed by atoms with Crippen molar-refractivity contribution in [1.29, 1.82) is 0 Å². The Hall–Kier alpha value is -5.77. The van der Waals surface area contributed by atoms with E-state index < -0.39 is 30.0 Å². The summed E-state index contributed by atoms with van der Waals surface area (Å²) in [6.45, 7) is 4.34. The van der Waals surface area contributed by atoms with Crippen molar-refractivity contribution in [3.63, 3.8) is 0 Å². The lowest BCUT2D eigenvalue weighted by atomic mass is 9.85. The average Bonchev–Trinajstić information content (AvgIpc) is 3.98. The number of alkyl halides is 2. The Morgan fingerprint density at radius 2 is 1.82 bits per heavy atom. The van der Waals surface area contributed by atoms with E-state index in [1.165, 1.54) is 26.0 Å². The molecular weight excluding hydrogens is 803 g/mol. The molecule has 3 amide bonds. The van der Waals surface area contributed by atoms with Gasteiger partial charge in [0.15, 0.2) is 11.3 Å². The number of amides is 3. The zero-order valence-electron chi connectivity index (χ0n) is 34.6. The molecule has 1 aliphatic carbocycles. The number of nitrogens with one attached hydrogen (secondary N) is 2. The fourth-order valence-corrected chi connectivity index (χ4v) is 9.58. The van der Waals surface area contributed by atoms with Crippen LogP contribution < -0.4 is 16.3 Å². The van der Waals surface area contributed by atoms with Gasteiger partial charge in [-0.15, -0.1) is 0 Å². The Morgan fingerprint density at radius 3 is 2.58 bits per heavy atom. The van der Waals surface area contributed by atoms with Crippen LogP contribution in [0.3, 0.4) is 0 Å². The van der Waals surface area contributed by atoms with Crippen LogP contribution in [0.15, 0.2) is 47.7 Å². The second-order valence-electron chi connectivity index (χ2n) is 16.9. The minimum atomic E-state index is -2.86. The third-order valence-corrected chi connectivity index (χ3v) is 13.0. The van der Waals surface area contributed by atoms with Crippen LogP contribution in [0.5, 0.6) is 0 Å². The SMILES string of the molecule is Cn1c(=O)n(C2CCC(=O)NC2=O)c2cccc(C#CCOC3CCN(CC4CCC(n5cc(NC(=O)c6cnn7ccc(C8CCOCC8)nc67)c(C(F)F)n5)CC4)CC3)c21. The van der Waals surface area contributed by atoms with E-state index in [4.69, 9.17) is 14.5 Å². The van der Waals surface area contributed by atoms with Gasteiger partial charge in [-0.1, -0.05) is 17.9 Å². The number of ether oxygens (including phenoxy) is 2. The Morgan fingerprint density at radius 1 is 1.03 bits per heavy atom. The van der Waals surface area contributed by atoms with Crippen LogP contribution in [0.1, 0.15) is 116 Å². The van der Waals surface area contributed by atoms with E-state index in [-0.39, 0.29) is 60.4 Å². The predicted molar refractivity (Wildman–Crippen MR) is 223 cm³/mol. The van der Waals surface area contributed by atoms with Gasteiger partial charge < -0.3 is 19.7 Å². The van der Waals surface area contributed by atoms with Crippen molar-refractivity contribution < 1.29 is 32.6 Å². The fraction of sp³-hybridized carbons (Fsp3) is 0.523. The highest BCUT2D eigenvalue weighted by atomic mass is 19.3. The number of benzene rings is 1. The van der Waals surface area contributed by atoms with Gasteiger partial charge in [-0.2, -0.15) is 10.2 Å². The number of fused-ring (bicyclic) bond motifs is 2. The first-order valence-corrected chi connectivity index (χ1v) is 21.6. The minimum Gasteiger partial charge on any atom is -0.381 e. The second-order valence-corrected chi connectivity index (χ2v) is 16.9. The van der Waals surface area contributed by atoms with E-state index in [0.29, 0.717) is 41.4 Å². The van der Waals surface area contributed by atoms with Crippen molar-refractivity contribution in [3.05, 3.63) is 75.9 Å². The molecule has 4 fully saturated rings. The molecule has 62 heavy (non-hydrogen) atoms. The molecule has 18 heteroatoms. The number of imidazole rings is 1. The number of carbonyl (C=O) groups is 3. The largest absolute Gasteiger partial charge is 0.381 e. The zero-order chi connectivity index (χ0) is 42.9. The summed E-state index contributed by atoms with van der Waals surface area (Å²) in [5.41, 5.74) is 2.53. The number of piperidine rings is 2. The summed E-state index contributed by atoms with van der Waals surface area (Å²) in [5, 5.41) is 13.6. The Bertz CT molecular complexity index is 2600. The monoisotopic (exact) mass is 852 g/mol. The predicted octanol–water partition coefficient (Wildman–Crippen LogP) is 4.90. The molecule has 5 aromatic rings. The Kier molecular flexibility index (Phi) is 12.0. The number of aromatic nitrogens is 7. The first-order chi connectivity index (χ1) is 30.1. The number of aryl methyl sites for hydroxylation is 1. The van der Waals surface area contributed by atoms with E-state index in [0.717, 1.165) is 76.7 Å². The van der Waals surface area contributed by atoms with E-state index in [9.17, 15) is 28.0 Å². The highest BCUT2D eigenvalue weighted by molar-refractivity contribution is 6.08. The molecule has 4 aromatic heterocycles. The highest BCUT2D eigenvalue weighted by Crippen LogP contribution is 2.36. The van der Waals surface area contributed by atoms with Gasteiger partial charge in [0.25, 0.3) is 12.3 Å². The van der Waals surface area contributed by atoms with Gasteiger partial charge in [-0.3, -0.25) is 33.5 Å². The summed E-state index contributed by atoms with van der Waals surface area (Å²) in [6.07, 6.45) is 9.33. The smallest absolute Gasteiger partial charge is 0.329 e. The Labute approximate surface area is 355 Å². The quantitative estimate of drug-likeness (QED) is 0.145. The van der Waals surface area contributed by atoms with Crippen molar-refractivity contribution in [3.8, 4) is 11.8 Å². The lowest BCUT2D eigenvalue weighted by Gasteiger charge is -2.36. The van der Waals surface area contributed by atoms with Gasteiger partial charge in [0.1, 0.15) is 18.2 Å². The lowest BCUT2D eigenvalue weighted by molar-refractivity contribution is -0.135. The number of carbonyl (C=O) groups excluding carboxylic acids is 3. The van der Waals surface area contributed by atoms with Gasteiger partial charge in [-0.05, 0) is 81.9 Å². The molecule has 3 saturated heterocycles. The van der Waals surface area contributed by atoms with Crippen molar-refractivity contribution >= 4 is 40.1 Å². The lowest BCUT2D eigenvalue weighted by Crippen LogP contribution is -2.44. The summed E-state index contributed by atoms with van der Waals surface area (Å²) < 4.78 is 46.2. The van der Waals surface area contributed by atoms with Crippen molar-refractivity contribution in [2.24, 2.45) is 13.0 Å². The summed E-state index contributed by atoms with van der Waals surface area (Å²) in [4.78, 5) is 58.2. The molecule has 3 aliphatic heterocycles. The molecule has 0 spiro atoms. The summed E-state index contributed by atoms with van der Waals surface area (Å²) in [5.74, 6) is 5.61. The third kappa shape index (κ3) is 8.53. The molecule has 1 unspecified atom stereocenters. The molecule has 1 saturated carbocycles. The first-order valence-electron chi connectivity index (χ1n) is 21.6. The fourth-order valence-electron chi connectivity index (χ4n) is 9.58. The van der Waals surface area contributed by atoms with Crippen LogP contribution in [0, 0.1) is 17.8 Å². The topological polar surface area (TPSA) is 172 Å². The van der Waals surface area contributed by atoms with Crippen LogP contribution in [-0.2, 0) is 26.1 Å². The number of rotatable bonds is 10. The maximum absolute atomic E-state index is 14.3. The van der Waals surface area contributed by atoms with E-state index in [1.54, 1.807) is 24.0 Å². The van der Waals surface area contributed by atoms with Crippen LogP contribution in [0.2, 0.25) is 0 Å². The molecular formula is C44H50F2N10O6. The summed E-state index contributed by atoms with van der Waals surface area (Å²) >= 11 is 0. The molecule has 9 rings (SSSR count). The van der Waals surface area contributed by atoms with Gasteiger partial charge in [0.2, 0.25) is 11.8 Å². The van der Waals surface area contributed by atoms with Gasteiger partial charge in [-0.25, -0.2) is 23.1 Å². The molecule has 326 valence electrons. The van der Waals surface area contributed by atoms with Crippen LogP contribution >= 0.6 is 0 Å². The Balaban J connectivity index is 0.748. The summed E-state index contributed by atoms with van der Waals surface area (Å²) in [6, 6.07) is 6.53. The maximum Gasteiger partial charge on any atom is 0.329 e. The van der Waals surface area contributed by atoms with Gasteiger partial charge >= 0.3 is 5.69 Å². The molecule has 1 atom stereocenters. The molecule has 0 bridgehead atoms. The van der Waals surface area contributed by atoms with E-state index in [2.05, 4.69) is 37.6 Å². The van der Waals surface area contributed by atoms with Crippen LogP contribution in [0.4, 0.5) is 14.5 Å². The van der Waals surface area contributed by atoms with Gasteiger partial charge in [0, 0.05) is 70.3 Å². The number of anilines is 1. The van der Waals surface area contributed by atoms with Crippen molar-refractivity contribution in [1.82, 2.24) is 43.7 Å². The second kappa shape index (κ2) is 17.9. The number of imide groups is 1. The summed E-state index contributed by atoms with van der Waals surface area (Å²) in [7, 11) is 1.66. The van der Waals surface area contributed by atoms with Crippen molar-refractivity contribution in [2.75, 3.05) is 44.8 Å². The highest BCUT2D eigenvalue weighted by Gasteiger charge is 2.33. The number of para-hydroxylation sites is 1. The molecule has 0 radical (unpaired) electrons. The standard InChI is InChI=1S/C44H50F2N10O6/c1-52-39-29(4-2-6-35(39)56(44(52)60)36-11-12-37(57)50-43(36)59)5-3-21-62-31-13-18-53(19-14-31)25-27-7-9-30(10-8-27)55-26-34(38(51-55)40(45)46)49-42(58)32-24-47-54-20-15-33(48-41(32)54)28-16-22-61-23-17-28/h2,4,6,15,20,24,26-28,30-31,36,40H,7-14,16-19,21-23,25H2,1H3,(H,49,58)(H,50,57,59).